The molecule has 21 heavy (non-hydrogen) atoms. The van der Waals surface area contributed by atoms with Crippen LogP contribution >= 0.6 is 15.9 Å². The van der Waals surface area contributed by atoms with Gasteiger partial charge in [0.15, 0.2) is 5.69 Å². The smallest absolute Gasteiger partial charge is 0.276 e. The fourth-order valence-corrected chi connectivity index (χ4v) is 3.16. The van der Waals surface area contributed by atoms with Crippen molar-refractivity contribution >= 4 is 38.4 Å². The molecule has 5 heteroatoms. The van der Waals surface area contributed by atoms with Crippen molar-refractivity contribution in [1.82, 2.24) is 10.2 Å². The second-order valence-corrected chi connectivity index (χ2v) is 5.86. The number of rotatable bonds is 2. The minimum Gasteiger partial charge on any atom is -0.319 e. The normalized spacial score (nSPS) is 10.8. The molecule has 0 aliphatic heterocycles. The number of halogens is 1. The van der Waals surface area contributed by atoms with Crippen LogP contribution in [0.4, 0.5) is 5.69 Å². The zero-order valence-corrected chi connectivity index (χ0v) is 13.3. The SMILES string of the molecule is Cc1cc(C)c(NC(=O)c2n[nH]c3ccccc23)c(Br)c1. The highest BCUT2D eigenvalue weighted by molar-refractivity contribution is 9.10. The number of H-pyrrole nitrogens is 1. The van der Waals surface area contributed by atoms with Crippen LogP contribution in [-0.4, -0.2) is 16.1 Å². The average Bonchev–Trinajstić information content (AvgIpc) is 2.86. The molecule has 0 saturated heterocycles. The van der Waals surface area contributed by atoms with Gasteiger partial charge in [0.05, 0.1) is 11.2 Å². The molecule has 2 N–H and O–H groups in total. The number of carbonyl (C=O) groups is 1. The van der Waals surface area contributed by atoms with Crippen molar-refractivity contribution < 1.29 is 4.79 Å². The van der Waals surface area contributed by atoms with Gasteiger partial charge in [-0.3, -0.25) is 9.89 Å². The predicted octanol–water partition coefficient (Wildman–Crippen LogP) is 4.19. The van der Waals surface area contributed by atoms with Crippen LogP contribution < -0.4 is 5.32 Å². The number of hydrogen-bond donors (Lipinski definition) is 2. The topological polar surface area (TPSA) is 57.8 Å². The van der Waals surface area contributed by atoms with Gasteiger partial charge in [0.1, 0.15) is 0 Å². The van der Waals surface area contributed by atoms with Crippen LogP contribution in [0.3, 0.4) is 0 Å². The number of fused-ring (bicyclic) bond motifs is 1. The summed E-state index contributed by atoms with van der Waals surface area (Å²) in [5.74, 6) is -0.222. The second kappa shape index (κ2) is 5.33. The summed E-state index contributed by atoms with van der Waals surface area (Å²) >= 11 is 3.50. The maximum atomic E-state index is 12.5. The number of para-hydroxylation sites is 1. The van der Waals surface area contributed by atoms with Gasteiger partial charge in [0, 0.05) is 9.86 Å². The molecule has 3 rings (SSSR count). The summed E-state index contributed by atoms with van der Waals surface area (Å²) in [6.45, 7) is 3.99. The predicted molar refractivity (Wildman–Crippen MR) is 87.7 cm³/mol. The Bertz CT molecular complexity index is 815. The van der Waals surface area contributed by atoms with E-state index in [4.69, 9.17) is 0 Å². The van der Waals surface area contributed by atoms with Crippen molar-refractivity contribution in [2.75, 3.05) is 5.32 Å². The number of anilines is 1. The first kappa shape index (κ1) is 13.8. The molecule has 1 amide bonds. The van der Waals surface area contributed by atoms with Crippen molar-refractivity contribution in [3.63, 3.8) is 0 Å². The van der Waals surface area contributed by atoms with E-state index in [2.05, 4.69) is 31.4 Å². The summed E-state index contributed by atoms with van der Waals surface area (Å²) in [7, 11) is 0. The van der Waals surface area contributed by atoms with E-state index in [-0.39, 0.29) is 5.91 Å². The number of aromatic amines is 1. The second-order valence-electron chi connectivity index (χ2n) is 5.01. The van der Waals surface area contributed by atoms with E-state index < -0.39 is 0 Å². The van der Waals surface area contributed by atoms with Crippen LogP contribution in [0.15, 0.2) is 40.9 Å². The lowest BCUT2D eigenvalue weighted by Gasteiger charge is -2.11. The molecule has 0 aliphatic carbocycles. The number of aryl methyl sites for hydroxylation is 2. The van der Waals surface area contributed by atoms with Crippen LogP contribution in [0.2, 0.25) is 0 Å². The lowest BCUT2D eigenvalue weighted by molar-refractivity contribution is 0.102. The Morgan fingerprint density at radius 1 is 1.24 bits per heavy atom. The van der Waals surface area contributed by atoms with Crippen LogP contribution in [0, 0.1) is 13.8 Å². The fourth-order valence-electron chi connectivity index (χ4n) is 2.38. The highest BCUT2D eigenvalue weighted by Crippen LogP contribution is 2.28. The zero-order valence-electron chi connectivity index (χ0n) is 11.7. The van der Waals surface area contributed by atoms with Crippen LogP contribution in [0.25, 0.3) is 10.9 Å². The molecule has 0 atom stereocenters. The van der Waals surface area contributed by atoms with Gasteiger partial charge in [-0.1, -0.05) is 24.3 Å². The fraction of sp³-hybridized carbons (Fsp3) is 0.125. The molecule has 1 heterocycles. The number of amides is 1. The third-order valence-electron chi connectivity index (χ3n) is 3.36. The first-order valence-corrected chi connectivity index (χ1v) is 7.37. The van der Waals surface area contributed by atoms with Gasteiger partial charge >= 0.3 is 0 Å². The third kappa shape index (κ3) is 2.56. The Labute approximate surface area is 130 Å². The van der Waals surface area contributed by atoms with Crippen LogP contribution in [0.1, 0.15) is 21.6 Å². The number of nitrogens with one attached hydrogen (secondary N) is 2. The summed E-state index contributed by atoms with van der Waals surface area (Å²) in [4.78, 5) is 12.5. The number of aromatic nitrogens is 2. The minimum absolute atomic E-state index is 0.222. The van der Waals surface area contributed by atoms with Crippen molar-refractivity contribution in [1.29, 1.82) is 0 Å². The molecule has 0 saturated carbocycles. The van der Waals surface area contributed by atoms with Crippen molar-refractivity contribution in [2.45, 2.75) is 13.8 Å². The van der Waals surface area contributed by atoms with Gasteiger partial charge in [-0.25, -0.2) is 0 Å². The number of carbonyl (C=O) groups excluding carboxylic acids is 1. The lowest BCUT2D eigenvalue weighted by Crippen LogP contribution is -2.14. The van der Waals surface area contributed by atoms with Gasteiger partial charge in [-0.2, -0.15) is 5.10 Å². The molecule has 1 aromatic heterocycles. The van der Waals surface area contributed by atoms with Crippen molar-refractivity contribution in [2.24, 2.45) is 0 Å². The number of hydrogen-bond acceptors (Lipinski definition) is 2. The zero-order chi connectivity index (χ0) is 15.0. The van der Waals surface area contributed by atoms with Gasteiger partial charge < -0.3 is 5.32 Å². The molecule has 106 valence electrons. The summed E-state index contributed by atoms with van der Waals surface area (Å²) in [6, 6.07) is 11.6. The monoisotopic (exact) mass is 343 g/mol. The lowest BCUT2D eigenvalue weighted by atomic mass is 10.1. The van der Waals surface area contributed by atoms with E-state index in [0.29, 0.717) is 5.69 Å². The average molecular weight is 344 g/mol. The Balaban J connectivity index is 1.97. The highest BCUT2D eigenvalue weighted by Gasteiger charge is 2.16. The maximum absolute atomic E-state index is 12.5. The Hall–Kier alpha value is -2.14. The molecule has 2 aromatic carbocycles. The highest BCUT2D eigenvalue weighted by atomic mass is 79.9. The summed E-state index contributed by atoms with van der Waals surface area (Å²) in [5.41, 5.74) is 4.18. The standard InChI is InChI=1S/C16H14BrN3O/c1-9-7-10(2)14(12(17)8-9)18-16(21)15-11-5-3-4-6-13(11)19-20-15/h3-8H,1-2H3,(H,18,21)(H,19,20). The molecule has 0 radical (unpaired) electrons. The Morgan fingerprint density at radius 3 is 2.76 bits per heavy atom. The van der Waals surface area contributed by atoms with Gasteiger partial charge in [0.25, 0.3) is 5.91 Å². The first-order chi connectivity index (χ1) is 10.1. The summed E-state index contributed by atoms with van der Waals surface area (Å²) in [6.07, 6.45) is 0. The van der Waals surface area contributed by atoms with E-state index in [1.807, 2.05) is 50.2 Å². The molecule has 3 aromatic rings. The Kier molecular flexibility index (Phi) is 3.51. The van der Waals surface area contributed by atoms with Crippen LogP contribution in [-0.2, 0) is 0 Å². The molecule has 0 spiro atoms. The van der Waals surface area contributed by atoms with E-state index in [1.165, 1.54) is 0 Å². The number of nitrogens with zero attached hydrogens (tertiary/aromatic N) is 1. The molecule has 0 aliphatic rings. The van der Waals surface area contributed by atoms with E-state index in [0.717, 1.165) is 32.2 Å². The van der Waals surface area contributed by atoms with Crippen molar-refractivity contribution in [3.05, 3.63) is 57.7 Å². The minimum atomic E-state index is -0.222. The van der Waals surface area contributed by atoms with E-state index in [1.54, 1.807) is 0 Å². The van der Waals surface area contributed by atoms with Crippen molar-refractivity contribution in [3.8, 4) is 0 Å². The molecule has 0 bridgehead atoms. The summed E-state index contributed by atoms with van der Waals surface area (Å²) in [5, 5.41) is 10.7. The molecular formula is C16H14BrN3O. The molecule has 0 unspecified atom stereocenters. The molecule has 4 nitrogen and oxygen atoms in total. The largest absolute Gasteiger partial charge is 0.319 e. The van der Waals surface area contributed by atoms with E-state index >= 15 is 0 Å². The van der Waals surface area contributed by atoms with Gasteiger partial charge in [-0.15, -0.1) is 0 Å². The third-order valence-corrected chi connectivity index (χ3v) is 3.98. The maximum Gasteiger partial charge on any atom is 0.276 e. The molecule has 0 fully saturated rings. The van der Waals surface area contributed by atoms with Gasteiger partial charge in [-0.05, 0) is 53.0 Å². The summed E-state index contributed by atoms with van der Waals surface area (Å²) < 4.78 is 0.869. The first-order valence-electron chi connectivity index (χ1n) is 6.57. The quantitative estimate of drug-likeness (QED) is 0.732. The Morgan fingerprint density at radius 2 is 2.00 bits per heavy atom. The van der Waals surface area contributed by atoms with E-state index in [9.17, 15) is 4.79 Å². The molecular weight excluding hydrogens is 330 g/mol. The number of benzene rings is 2. The van der Waals surface area contributed by atoms with Crippen LogP contribution in [0.5, 0.6) is 0 Å². The van der Waals surface area contributed by atoms with Gasteiger partial charge in [0.2, 0.25) is 0 Å².